The van der Waals surface area contributed by atoms with Crippen LogP contribution in [0.25, 0.3) is 0 Å². The van der Waals surface area contributed by atoms with Gasteiger partial charge >= 0.3 is 0 Å². The summed E-state index contributed by atoms with van der Waals surface area (Å²) in [7, 11) is 0. The summed E-state index contributed by atoms with van der Waals surface area (Å²) in [6, 6.07) is 0. The number of allylic oxidation sites excluding steroid dienone is 4. The van der Waals surface area contributed by atoms with Gasteiger partial charge < -0.3 is 5.32 Å². The van der Waals surface area contributed by atoms with E-state index in [9.17, 15) is 4.79 Å². The highest BCUT2D eigenvalue weighted by molar-refractivity contribution is 5.77. The van der Waals surface area contributed by atoms with Gasteiger partial charge in [-0.3, -0.25) is 9.28 Å². The lowest BCUT2D eigenvalue weighted by molar-refractivity contribution is -0.833. The molecule has 0 bridgehead atoms. The van der Waals surface area contributed by atoms with Crippen LogP contribution in [0.5, 0.6) is 0 Å². The molecule has 1 aliphatic rings. The van der Waals surface area contributed by atoms with E-state index in [-0.39, 0.29) is 5.91 Å². The molecule has 4 nitrogen and oxygen atoms in total. The van der Waals surface area contributed by atoms with Gasteiger partial charge in [0, 0.05) is 12.8 Å². The fourth-order valence-corrected chi connectivity index (χ4v) is 6.91. The smallest absolute Gasteiger partial charge is 0.220 e. The molecule has 1 aliphatic heterocycles. The first-order valence-corrected chi connectivity index (χ1v) is 20.6. The summed E-state index contributed by atoms with van der Waals surface area (Å²) >= 11 is 0. The lowest BCUT2D eigenvalue weighted by Crippen LogP contribution is -2.54. The Bertz CT molecular complexity index is 773. The molecule has 1 amide bonds. The number of quaternary nitrogens is 1. The van der Waals surface area contributed by atoms with Gasteiger partial charge in [-0.25, -0.2) is 4.99 Å². The third-order valence-electron chi connectivity index (χ3n) is 10.2. The summed E-state index contributed by atoms with van der Waals surface area (Å²) in [4.78, 5) is 17.4. The van der Waals surface area contributed by atoms with E-state index in [4.69, 9.17) is 4.99 Å². The summed E-state index contributed by atoms with van der Waals surface area (Å²) in [5, 5.41) is 3.24. The first kappa shape index (κ1) is 42.6. The molecule has 1 atom stereocenters. The molecule has 0 saturated carbocycles. The molecule has 1 rings (SSSR count). The van der Waals surface area contributed by atoms with Gasteiger partial charge in [0.2, 0.25) is 5.91 Å². The number of rotatable bonds is 34. The highest BCUT2D eigenvalue weighted by atomic mass is 16.1. The lowest BCUT2D eigenvalue weighted by atomic mass is 10.1. The minimum Gasteiger partial charge on any atom is -0.350 e. The van der Waals surface area contributed by atoms with Crippen molar-refractivity contribution in [1.29, 1.82) is 0 Å². The SMILES string of the molecule is CCCCCCCC/C=C\CCCCCCCC(=O)NCC[N+]1(CC)CCN=C1CCCCCCC/C=C\CCCCCCCC. The number of carbonyl (C=O) groups is 1. The zero-order chi connectivity index (χ0) is 33.2. The van der Waals surface area contributed by atoms with Crippen LogP contribution in [0, 0.1) is 0 Å². The fraction of sp³-hybridized carbons (Fsp3) is 0.857. The maximum absolute atomic E-state index is 12.5. The van der Waals surface area contributed by atoms with Crippen molar-refractivity contribution >= 4 is 11.7 Å². The van der Waals surface area contributed by atoms with E-state index in [1.807, 2.05) is 0 Å². The van der Waals surface area contributed by atoms with Crippen LogP contribution in [0.4, 0.5) is 0 Å². The highest BCUT2D eigenvalue weighted by Crippen LogP contribution is 2.20. The maximum atomic E-state index is 12.5. The van der Waals surface area contributed by atoms with Crippen molar-refractivity contribution in [3.8, 4) is 0 Å². The van der Waals surface area contributed by atoms with Gasteiger partial charge in [0.25, 0.3) is 0 Å². The number of nitrogens with zero attached hydrogens (tertiary/aromatic N) is 2. The molecule has 1 heterocycles. The molecule has 0 aromatic rings. The molecule has 46 heavy (non-hydrogen) atoms. The molecule has 0 saturated heterocycles. The van der Waals surface area contributed by atoms with Crippen molar-refractivity contribution in [2.45, 2.75) is 201 Å². The molecule has 4 heteroatoms. The second kappa shape index (κ2) is 32.1. The quantitative estimate of drug-likeness (QED) is 0.0423. The van der Waals surface area contributed by atoms with Gasteiger partial charge in [0.1, 0.15) is 13.1 Å². The lowest BCUT2D eigenvalue weighted by Gasteiger charge is -2.34. The minimum atomic E-state index is 0.238. The van der Waals surface area contributed by atoms with E-state index in [0.717, 1.165) is 50.0 Å². The van der Waals surface area contributed by atoms with E-state index in [1.54, 1.807) is 0 Å². The third-order valence-corrected chi connectivity index (χ3v) is 10.2. The summed E-state index contributed by atoms with van der Waals surface area (Å²) < 4.78 is 0.997. The van der Waals surface area contributed by atoms with Crippen LogP contribution in [0.15, 0.2) is 29.3 Å². The van der Waals surface area contributed by atoms with E-state index in [2.05, 4.69) is 50.4 Å². The van der Waals surface area contributed by atoms with Crippen LogP contribution in [0.1, 0.15) is 201 Å². The molecule has 0 aromatic carbocycles. The highest BCUT2D eigenvalue weighted by Gasteiger charge is 2.35. The largest absolute Gasteiger partial charge is 0.350 e. The van der Waals surface area contributed by atoms with Gasteiger partial charge in [-0.2, -0.15) is 0 Å². The maximum Gasteiger partial charge on any atom is 0.220 e. The van der Waals surface area contributed by atoms with Crippen molar-refractivity contribution in [3.63, 3.8) is 0 Å². The minimum absolute atomic E-state index is 0.238. The number of hydrogen-bond donors (Lipinski definition) is 1. The fourth-order valence-electron chi connectivity index (χ4n) is 6.91. The Balaban J connectivity index is 2.01. The topological polar surface area (TPSA) is 41.5 Å². The number of amides is 1. The number of nitrogens with one attached hydrogen (secondary N) is 1. The zero-order valence-corrected chi connectivity index (χ0v) is 31.4. The summed E-state index contributed by atoms with van der Waals surface area (Å²) in [6.07, 6.45) is 45.7. The van der Waals surface area contributed by atoms with Crippen LogP contribution in [-0.2, 0) is 4.79 Å². The third kappa shape index (κ3) is 23.8. The predicted octanol–water partition coefficient (Wildman–Crippen LogP) is 12.4. The molecule has 1 N–H and O–H groups in total. The Hall–Kier alpha value is -1.42. The van der Waals surface area contributed by atoms with Crippen LogP contribution < -0.4 is 5.32 Å². The molecular weight excluding hydrogens is 562 g/mol. The molecule has 268 valence electrons. The van der Waals surface area contributed by atoms with Crippen molar-refractivity contribution in [1.82, 2.24) is 5.32 Å². The van der Waals surface area contributed by atoms with Crippen molar-refractivity contribution in [2.75, 3.05) is 32.7 Å². The number of carbonyl (C=O) groups excluding carboxylic acids is 1. The van der Waals surface area contributed by atoms with Crippen LogP contribution >= 0.6 is 0 Å². The first-order valence-electron chi connectivity index (χ1n) is 20.6. The number of unbranched alkanes of at least 4 members (excludes halogenated alkanes) is 22. The van der Waals surface area contributed by atoms with Crippen LogP contribution in [-0.4, -0.2) is 48.9 Å². The predicted molar refractivity (Wildman–Crippen MR) is 205 cm³/mol. The molecule has 0 radical (unpaired) electrons. The second-order valence-electron chi connectivity index (χ2n) is 14.2. The van der Waals surface area contributed by atoms with Gasteiger partial charge in [0.15, 0.2) is 5.84 Å². The second-order valence-corrected chi connectivity index (χ2v) is 14.2. The molecular formula is C42H80N3O+. The average molecular weight is 643 g/mol. The summed E-state index contributed by atoms with van der Waals surface area (Å²) in [6.45, 7) is 11.8. The Morgan fingerprint density at radius 2 is 1.04 bits per heavy atom. The van der Waals surface area contributed by atoms with Crippen LogP contribution in [0.2, 0.25) is 0 Å². The van der Waals surface area contributed by atoms with Crippen molar-refractivity contribution in [3.05, 3.63) is 24.3 Å². The van der Waals surface area contributed by atoms with Crippen LogP contribution in [0.3, 0.4) is 0 Å². The number of amidine groups is 1. The van der Waals surface area contributed by atoms with E-state index < -0.39 is 0 Å². The van der Waals surface area contributed by atoms with Crippen molar-refractivity contribution in [2.24, 2.45) is 4.99 Å². The summed E-state index contributed by atoms with van der Waals surface area (Å²) in [5.74, 6) is 1.63. The van der Waals surface area contributed by atoms with E-state index >= 15 is 0 Å². The molecule has 1 unspecified atom stereocenters. The number of hydrogen-bond acceptors (Lipinski definition) is 2. The van der Waals surface area contributed by atoms with E-state index in [1.165, 1.54) is 166 Å². The standard InChI is InChI=1S/C42H79N3O/c1-4-7-9-11-13-15-17-19-21-23-25-27-29-31-33-35-41-43-37-39-45(41,6-3)40-38-44-42(46)36-34-32-30-28-26-24-22-20-18-16-14-12-10-8-5-2/h19-22H,4-18,23-40H2,1-3H3/p+1/b21-19-,22-20-. The van der Waals surface area contributed by atoms with Gasteiger partial charge in [0.05, 0.1) is 19.6 Å². The molecule has 0 fully saturated rings. The van der Waals surface area contributed by atoms with Crippen molar-refractivity contribution < 1.29 is 9.28 Å². The number of likely N-dealkylation sites (N-methyl/N-ethyl adjacent to an activating group) is 1. The Morgan fingerprint density at radius 3 is 1.52 bits per heavy atom. The Labute approximate surface area is 288 Å². The monoisotopic (exact) mass is 643 g/mol. The van der Waals surface area contributed by atoms with Gasteiger partial charge in [-0.05, 0) is 71.1 Å². The summed E-state index contributed by atoms with van der Waals surface area (Å²) in [5.41, 5.74) is 0. The molecule has 0 aliphatic carbocycles. The van der Waals surface area contributed by atoms with Gasteiger partial charge in [-0.1, -0.05) is 141 Å². The Kier molecular flexibility index (Phi) is 29.8. The normalized spacial score (nSPS) is 16.6. The number of aliphatic imine (C=N–C) groups is 1. The average Bonchev–Trinajstić information content (AvgIpc) is 3.47. The Morgan fingerprint density at radius 1 is 0.609 bits per heavy atom. The molecule has 0 spiro atoms. The van der Waals surface area contributed by atoms with E-state index in [0.29, 0.717) is 6.42 Å². The van der Waals surface area contributed by atoms with Gasteiger partial charge in [-0.15, -0.1) is 0 Å². The molecule has 0 aromatic heterocycles. The zero-order valence-electron chi connectivity index (χ0n) is 31.4. The first-order chi connectivity index (χ1) is 22.7.